The van der Waals surface area contributed by atoms with Crippen molar-refractivity contribution in [2.45, 2.75) is 32.4 Å². The Balaban J connectivity index is 2.39. The molecular weight excluding hydrogens is 264 g/mol. The summed E-state index contributed by atoms with van der Waals surface area (Å²) in [5.41, 5.74) is -0.0349. The van der Waals surface area contributed by atoms with E-state index in [-0.39, 0.29) is 24.2 Å². The number of hydrogen-bond donors (Lipinski definition) is 2. The number of amides is 1. The summed E-state index contributed by atoms with van der Waals surface area (Å²) in [4.78, 5) is 21.5. The van der Waals surface area contributed by atoms with E-state index in [1.54, 1.807) is 13.8 Å². The lowest BCUT2D eigenvalue weighted by Gasteiger charge is -2.15. The molecule has 2 atom stereocenters. The van der Waals surface area contributed by atoms with Crippen molar-refractivity contribution in [1.82, 2.24) is 5.32 Å². The molecule has 0 aliphatic rings. The maximum absolute atomic E-state index is 11.6. The molecule has 0 bridgehead atoms. The van der Waals surface area contributed by atoms with Crippen LogP contribution in [-0.4, -0.2) is 34.7 Å². The monoisotopic (exact) mass is 282 g/mol. The predicted molar refractivity (Wildman–Crippen MR) is 72.5 cm³/mol. The van der Waals surface area contributed by atoms with Crippen molar-refractivity contribution < 1.29 is 19.6 Å². The first-order valence-electron chi connectivity index (χ1n) is 6.23. The van der Waals surface area contributed by atoms with Gasteiger partial charge >= 0.3 is 0 Å². The Morgan fingerprint density at radius 3 is 2.50 bits per heavy atom. The highest BCUT2D eigenvalue weighted by Gasteiger charge is 2.11. The van der Waals surface area contributed by atoms with Crippen LogP contribution in [0.1, 0.15) is 20.3 Å². The molecule has 0 fully saturated rings. The Labute approximate surface area is 116 Å². The molecule has 0 aliphatic carbocycles. The zero-order valence-electron chi connectivity index (χ0n) is 11.4. The summed E-state index contributed by atoms with van der Waals surface area (Å²) < 4.78 is 5.21. The van der Waals surface area contributed by atoms with Crippen LogP contribution in [0.2, 0.25) is 0 Å². The molecule has 7 nitrogen and oxygen atoms in total. The molecule has 1 rings (SSSR count). The standard InChI is InChI=1S/C13H18N2O5/c1-9(7-10(2)16)14-13(17)8-20-12-5-3-11(4-6-12)15(18)19/h3-6,9-10,16H,7-8H2,1-2H3,(H,14,17). The van der Waals surface area contributed by atoms with E-state index in [0.29, 0.717) is 12.2 Å². The lowest BCUT2D eigenvalue weighted by Crippen LogP contribution is -2.37. The Kier molecular flexibility index (Phi) is 5.92. The highest BCUT2D eigenvalue weighted by atomic mass is 16.6. The van der Waals surface area contributed by atoms with Crippen LogP contribution >= 0.6 is 0 Å². The number of aliphatic hydroxyl groups is 1. The maximum Gasteiger partial charge on any atom is 0.269 e. The molecule has 1 amide bonds. The molecule has 7 heteroatoms. The lowest BCUT2D eigenvalue weighted by atomic mass is 10.1. The molecule has 1 aromatic carbocycles. The summed E-state index contributed by atoms with van der Waals surface area (Å²) in [7, 11) is 0. The minimum absolute atomic E-state index is 0.0349. The van der Waals surface area contributed by atoms with Crippen molar-refractivity contribution in [3.05, 3.63) is 34.4 Å². The molecule has 1 aromatic rings. The van der Waals surface area contributed by atoms with Gasteiger partial charge in [-0.3, -0.25) is 14.9 Å². The molecule has 110 valence electrons. The van der Waals surface area contributed by atoms with Crippen LogP contribution in [0, 0.1) is 10.1 Å². The van der Waals surface area contributed by atoms with Crippen LogP contribution in [0.15, 0.2) is 24.3 Å². The molecule has 20 heavy (non-hydrogen) atoms. The molecule has 0 saturated heterocycles. The maximum atomic E-state index is 11.6. The number of ether oxygens (including phenoxy) is 1. The van der Waals surface area contributed by atoms with E-state index in [2.05, 4.69) is 5.32 Å². The summed E-state index contributed by atoms with van der Waals surface area (Å²) in [6.07, 6.45) is -0.0237. The molecule has 0 heterocycles. The Morgan fingerprint density at radius 2 is 2.00 bits per heavy atom. The van der Waals surface area contributed by atoms with Crippen LogP contribution in [0.4, 0.5) is 5.69 Å². The van der Waals surface area contributed by atoms with Crippen molar-refractivity contribution in [2.24, 2.45) is 0 Å². The van der Waals surface area contributed by atoms with Gasteiger partial charge in [0.15, 0.2) is 6.61 Å². The van der Waals surface area contributed by atoms with Gasteiger partial charge in [0, 0.05) is 18.2 Å². The number of aliphatic hydroxyl groups excluding tert-OH is 1. The fourth-order valence-corrected chi connectivity index (χ4v) is 1.70. The minimum Gasteiger partial charge on any atom is -0.484 e. The Morgan fingerprint density at radius 1 is 1.40 bits per heavy atom. The number of carbonyl (C=O) groups is 1. The Bertz CT molecular complexity index is 458. The molecule has 0 spiro atoms. The number of rotatable bonds is 7. The first kappa shape index (κ1) is 15.9. The van der Waals surface area contributed by atoms with Crippen molar-refractivity contribution >= 4 is 11.6 Å². The van der Waals surface area contributed by atoms with Crippen molar-refractivity contribution in [2.75, 3.05) is 6.61 Å². The van der Waals surface area contributed by atoms with Gasteiger partial charge in [0.1, 0.15) is 5.75 Å². The van der Waals surface area contributed by atoms with E-state index < -0.39 is 11.0 Å². The topological polar surface area (TPSA) is 102 Å². The van der Waals surface area contributed by atoms with Crippen LogP contribution in [-0.2, 0) is 4.79 Å². The number of hydrogen-bond acceptors (Lipinski definition) is 5. The third-order valence-corrected chi connectivity index (χ3v) is 2.52. The average molecular weight is 282 g/mol. The molecule has 2 N–H and O–H groups in total. The first-order valence-corrected chi connectivity index (χ1v) is 6.23. The number of non-ortho nitro benzene ring substituents is 1. The third kappa shape index (κ3) is 5.66. The predicted octanol–water partition coefficient (Wildman–Crippen LogP) is 1.25. The summed E-state index contributed by atoms with van der Waals surface area (Å²) in [5, 5.41) is 22.3. The molecule has 0 saturated carbocycles. The fraction of sp³-hybridized carbons (Fsp3) is 0.462. The highest BCUT2D eigenvalue weighted by molar-refractivity contribution is 5.77. The summed E-state index contributed by atoms with van der Waals surface area (Å²) in [6.45, 7) is 3.26. The summed E-state index contributed by atoms with van der Waals surface area (Å²) in [5.74, 6) is 0.0745. The number of nitrogens with one attached hydrogen (secondary N) is 1. The Hall–Kier alpha value is -2.15. The average Bonchev–Trinajstić information content (AvgIpc) is 2.35. The smallest absolute Gasteiger partial charge is 0.269 e. The number of nitrogens with zero attached hydrogens (tertiary/aromatic N) is 1. The van der Waals surface area contributed by atoms with Crippen molar-refractivity contribution in [3.8, 4) is 5.75 Å². The van der Waals surface area contributed by atoms with Gasteiger partial charge in [-0.1, -0.05) is 0 Å². The number of benzene rings is 1. The van der Waals surface area contributed by atoms with E-state index in [4.69, 9.17) is 4.74 Å². The molecule has 0 aromatic heterocycles. The van der Waals surface area contributed by atoms with E-state index in [9.17, 15) is 20.0 Å². The van der Waals surface area contributed by atoms with E-state index in [0.717, 1.165) is 0 Å². The van der Waals surface area contributed by atoms with Gasteiger partial charge in [-0.2, -0.15) is 0 Å². The van der Waals surface area contributed by atoms with Crippen molar-refractivity contribution in [1.29, 1.82) is 0 Å². The molecule has 2 unspecified atom stereocenters. The molecular formula is C13H18N2O5. The minimum atomic E-state index is -0.506. The van der Waals surface area contributed by atoms with E-state index >= 15 is 0 Å². The molecule has 0 radical (unpaired) electrons. The van der Waals surface area contributed by atoms with Gasteiger partial charge < -0.3 is 15.2 Å². The zero-order valence-corrected chi connectivity index (χ0v) is 11.4. The highest BCUT2D eigenvalue weighted by Crippen LogP contribution is 2.17. The quantitative estimate of drug-likeness (QED) is 0.579. The van der Waals surface area contributed by atoms with E-state index in [1.165, 1.54) is 24.3 Å². The number of nitro benzene ring substituents is 1. The number of carbonyl (C=O) groups excluding carboxylic acids is 1. The SMILES string of the molecule is CC(O)CC(C)NC(=O)COc1ccc([N+](=O)[O-])cc1. The third-order valence-electron chi connectivity index (χ3n) is 2.52. The van der Waals surface area contributed by atoms with Crippen molar-refractivity contribution in [3.63, 3.8) is 0 Å². The second-order valence-corrected chi connectivity index (χ2v) is 4.59. The lowest BCUT2D eigenvalue weighted by molar-refractivity contribution is -0.384. The van der Waals surface area contributed by atoms with Gasteiger partial charge in [-0.05, 0) is 32.4 Å². The van der Waals surface area contributed by atoms with Gasteiger partial charge in [0.2, 0.25) is 0 Å². The normalized spacial score (nSPS) is 13.3. The summed E-state index contributed by atoms with van der Waals surface area (Å²) >= 11 is 0. The summed E-state index contributed by atoms with van der Waals surface area (Å²) in [6, 6.07) is 5.34. The van der Waals surface area contributed by atoms with Gasteiger partial charge in [0.05, 0.1) is 11.0 Å². The molecule has 0 aliphatic heterocycles. The number of nitro groups is 1. The zero-order chi connectivity index (χ0) is 15.1. The first-order chi connectivity index (χ1) is 9.38. The van der Waals surface area contributed by atoms with Gasteiger partial charge in [-0.15, -0.1) is 0 Å². The second-order valence-electron chi connectivity index (χ2n) is 4.59. The fourth-order valence-electron chi connectivity index (χ4n) is 1.70. The van der Waals surface area contributed by atoms with Crippen LogP contribution in [0.5, 0.6) is 5.75 Å². The van der Waals surface area contributed by atoms with Gasteiger partial charge in [-0.25, -0.2) is 0 Å². The second kappa shape index (κ2) is 7.44. The largest absolute Gasteiger partial charge is 0.484 e. The van der Waals surface area contributed by atoms with Crippen LogP contribution < -0.4 is 10.1 Å². The van der Waals surface area contributed by atoms with Crippen LogP contribution in [0.25, 0.3) is 0 Å². The van der Waals surface area contributed by atoms with E-state index in [1.807, 2.05) is 0 Å². The van der Waals surface area contributed by atoms with Crippen LogP contribution in [0.3, 0.4) is 0 Å². The van der Waals surface area contributed by atoms with Gasteiger partial charge in [0.25, 0.3) is 11.6 Å².